The van der Waals surface area contributed by atoms with Gasteiger partial charge in [-0.3, -0.25) is 4.98 Å². The molecule has 0 spiro atoms. The lowest BCUT2D eigenvalue weighted by Gasteiger charge is -2.09. The van der Waals surface area contributed by atoms with Gasteiger partial charge in [0.05, 0.1) is 5.56 Å². The average Bonchev–Trinajstić information content (AvgIpc) is 2.37. The monoisotopic (exact) mass is 253 g/mol. The number of hydrogen-bond acceptors (Lipinski definition) is 2. The Morgan fingerprint density at radius 2 is 1.78 bits per heavy atom. The second-order valence-corrected chi connectivity index (χ2v) is 3.67. The molecule has 94 valence electrons. The van der Waals surface area contributed by atoms with Crippen LogP contribution in [0.15, 0.2) is 48.8 Å². The topological polar surface area (TPSA) is 22.1 Å². The van der Waals surface area contributed by atoms with Crippen LogP contribution < -0.4 is 4.74 Å². The van der Waals surface area contributed by atoms with Crippen molar-refractivity contribution in [3.05, 3.63) is 59.9 Å². The molecule has 2 nitrogen and oxygen atoms in total. The number of hydrogen-bond donors (Lipinski definition) is 0. The van der Waals surface area contributed by atoms with Crippen LogP contribution in [0.25, 0.3) is 0 Å². The predicted molar refractivity (Wildman–Crippen MR) is 60.0 cm³/mol. The Bertz CT molecular complexity index is 494. The standard InChI is InChI=1S/C13H10F3NO/c14-13(15,16)11-3-5-12(6-4-11)18-9-10-2-1-7-17-8-10/h1-8H,9H2. The lowest BCUT2D eigenvalue weighted by Crippen LogP contribution is -2.04. The highest BCUT2D eigenvalue weighted by Gasteiger charge is 2.29. The second kappa shape index (κ2) is 5.08. The maximum absolute atomic E-state index is 12.3. The smallest absolute Gasteiger partial charge is 0.416 e. The Morgan fingerprint density at radius 3 is 2.33 bits per heavy atom. The molecule has 0 atom stereocenters. The quantitative estimate of drug-likeness (QED) is 0.832. The van der Waals surface area contributed by atoms with E-state index < -0.39 is 11.7 Å². The van der Waals surface area contributed by atoms with Gasteiger partial charge in [0.2, 0.25) is 0 Å². The molecule has 1 aromatic carbocycles. The fourth-order valence-electron chi connectivity index (χ4n) is 1.39. The zero-order valence-electron chi connectivity index (χ0n) is 9.32. The van der Waals surface area contributed by atoms with Crippen LogP contribution >= 0.6 is 0 Å². The van der Waals surface area contributed by atoms with Gasteiger partial charge in [-0.2, -0.15) is 13.2 Å². The summed E-state index contributed by atoms with van der Waals surface area (Å²) >= 11 is 0. The first kappa shape index (κ1) is 12.4. The van der Waals surface area contributed by atoms with E-state index in [4.69, 9.17) is 4.74 Å². The number of alkyl halides is 3. The molecule has 0 radical (unpaired) electrons. The van der Waals surface area contributed by atoms with Crippen molar-refractivity contribution < 1.29 is 17.9 Å². The van der Waals surface area contributed by atoms with Gasteiger partial charge in [0.25, 0.3) is 0 Å². The summed E-state index contributed by atoms with van der Waals surface area (Å²) in [6.07, 6.45) is -1.03. The normalized spacial score (nSPS) is 11.3. The summed E-state index contributed by atoms with van der Waals surface area (Å²) in [6, 6.07) is 8.21. The Morgan fingerprint density at radius 1 is 1.06 bits per heavy atom. The van der Waals surface area contributed by atoms with Gasteiger partial charge in [-0.05, 0) is 30.3 Å². The number of halogens is 3. The van der Waals surface area contributed by atoms with Gasteiger partial charge in [-0.25, -0.2) is 0 Å². The summed E-state index contributed by atoms with van der Waals surface area (Å²) in [5.74, 6) is 0.395. The third kappa shape index (κ3) is 3.23. The van der Waals surface area contributed by atoms with E-state index >= 15 is 0 Å². The highest BCUT2D eigenvalue weighted by atomic mass is 19.4. The number of aromatic nitrogens is 1. The number of benzene rings is 1. The summed E-state index contributed by atoms with van der Waals surface area (Å²) in [6.45, 7) is 0.277. The highest BCUT2D eigenvalue weighted by molar-refractivity contribution is 5.29. The first-order valence-electron chi connectivity index (χ1n) is 5.25. The first-order valence-corrected chi connectivity index (χ1v) is 5.25. The number of ether oxygens (including phenoxy) is 1. The molecule has 1 heterocycles. The minimum Gasteiger partial charge on any atom is -0.489 e. The minimum atomic E-state index is -4.32. The third-order valence-corrected chi connectivity index (χ3v) is 2.31. The van der Waals surface area contributed by atoms with E-state index in [0.717, 1.165) is 17.7 Å². The van der Waals surface area contributed by atoms with Crippen LogP contribution in [-0.2, 0) is 12.8 Å². The average molecular weight is 253 g/mol. The van der Waals surface area contributed by atoms with E-state index in [2.05, 4.69) is 4.98 Å². The van der Waals surface area contributed by atoms with Crippen molar-refractivity contribution in [1.82, 2.24) is 4.98 Å². The van der Waals surface area contributed by atoms with Gasteiger partial charge >= 0.3 is 6.18 Å². The van der Waals surface area contributed by atoms with Gasteiger partial charge in [-0.1, -0.05) is 6.07 Å². The summed E-state index contributed by atoms with van der Waals surface area (Å²) in [7, 11) is 0. The lowest BCUT2D eigenvalue weighted by atomic mass is 10.2. The van der Waals surface area contributed by atoms with Crippen LogP contribution in [0.2, 0.25) is 0 Å². The molecule has 0 unspecified atom stereocenters. The Labute approximate surface area is 102 Å². The molecule has 2 aromatic rings. The third-order valence-electron chi connectivity index (χ3n) is 2.31. The lowest BCUT2D eigenvalue weighted by molar-refractivity contribution is -0.137. The Kier molecular flexibility index (Phi) is 3.50. The molecule has 0 aliphatic carbocycles. The summed E-state index contributed by atoms with van der Waals surface area (Å²) in [4.78, 5) is 3.91. The van der Waals surface area contributed by atoms with E-state index in [1.54, 1.807) is 18.5 Å². The predicted octanol–water partition coefficient (Wildman–Crippen LogP) is 3.68. The van der Waals surface area contributed by atoms with E-state index in [-0.39, 0.29) is 6.61 Å². The van der Waals surface area contributed by atoms with Crippen LogP contribution in [-0.4, -0.2) is 4.98 Å². The van der Waals surface area contributed by atoms with Crippen LogP contribution in [0.4, 0.5) is 13.2 Å². The second-order valence-electron chi connectivity index (χ2n) is 3.67. The number of rotatable bonds is 3. The molecule has 5 heteroatoms. The number of pyridine rings is 1. The van der Waals surface area contributed by atoms with Gasteiger partial charge < -0.3 is 4.74 Å². The molecule has 0 fully saturated rings. The molecule has 0 bridgehead atoms. The van der Waals surface area contributed by atoms with E-state index in [0.29, 0.717) is 5.75 Å². The van der Waals surface area contributed by atoms with Gasteiger partial charge in [0.1, 0.15) is 12.4 Å². The van der Waals surface area contributed by atoms with E-state index in [1.165, 1.54) is 12.1 Å². The largest absolute Gasteiger partial charge is 0.489 e. The molecule has 0 amide bonds. The molecule has 0 N–H and O–H groups in total. The van der Waals surface area contributed by atoms with Crippen molar-refractivity contribution in [3.63, 3.8) is 0 Å². The van der Waals surface area contributed by atoms with E-state index in [1.807, 2.05) is 6.07 Å². The molecule has 0 aliphatic rings. The van der Waals surface area contributed by atoms with Crippen LogP contribution in [0.3, 0.4) is 0 Å². The fourth-order valence-corrected chi connectivity index (χ4v) is 1.39. The Balaban J connectivity index is 1.99. The van der Waals surface area contributed by atoms with Crippen molar-refractivity contribution in [1.29, 1.82) is 0 Å². The molecule has 2 rings (SSSR count). The maximum atomic E-state index is 12.3. The van der Waals surface area contributed by atoms with Gasteiger partial charge in [0, 0.05) is 18.0 Å². The highest BCUT2D eigenvalue weighted by Crippen LogP contribution is 2.30. The van der Waals surface area contributed by atoms with Gasteiger partial charge in [-0.15, -0.1) is 0 Å². The van der Waals surface area contributed by atoms with Crippen molar-refractivity contribution in [3.8, 4) is 5.75 Å². The molecular weight excluding hydrogens is 243 g/mol. The van der Waals surface area contributed by atoms with Crippen LogP contribution in [0, 0.1) is 0 Å². The van der Waals surface area contributed by atoms with Crippen molar-refractivity contribution >= 4 is 0 Å². The maximum Gasteiger partial charge on any atom is 0.416 e. The summed E-state index contributed by atoms with van der Waals surface area (Å²) in [5, 5.41) is 0. The first-order chi connectivity index (χ1) is 8.55. The zero-order valence-corrected chi connectivity index (χ0v) is 9.32. The number of nitrogens with zero attached hydrogens (tertiary/aromatic N) is 1. The molecule has 0 saturated heterocycles. The summed E-state index contributed by atoms with van der Waals surface area (Å²) in [5.41, 5.74) is 0.175. The van der Waals surface area contributed by atoms with Crippen molar-refractivity contribution in [2.24, 2.45) is 0 Å². The fraction of sp³-hybridized carbons (Fsp3) is 0.154. The molecule has 1 aromatic heterocycles. The van der Waals surface area contributed by atoms with Crippen LogP contribution in [0.1, 0.15) is 11.1 Å². The minimum absolute atomic E-state index is 0.277. The Hall–Kier alpha value is -2.04. The van der Waals surface area contributed by atoms with Crippen LogP contribution in [0.5, 0.6) is 5.75 Å². The molecule has 18 heavy (non-hydrogen) atoms. The molecule has 0 aliphatic heterocycles. The van der Waals surface area contributed by atoms with Crippen molar-refractivity contribution in [2.75, 3.05) is 0 Å². The van der Waals surface area contributed by atoms with Crippen molar-refractivity contribution in [2.45, 2.75) is 12.8 Å². The SMILES string of the molecule is FC(F)(F)c1ccc(OCc2cccnc2)cc1. The van der Waals surface area contributed by atoms with Gasteiger partial charge in [0.15, 0.2) is 0 Å². The summed E-state index contributed by atoms with van der Waals surface area (Å²) < 4.78 is 42.3. The van der Waals surface area contributed by atoms with E-state index in [9.17, 15) is 13.2 Å². The molecule has 0 saturated carbocycles. The zero-order chi connectivity index (χ0) is 13.0. The molecular formula is C13H10F3NO.